The molecule has 1 N–H and O–H groups in total. The van der Waals surface area contributed by atoms with Crippen LogP contribution in [0.25, 0.3) is 0 Å². The number of hydrogen-bond donors (Lipinski definition) is 1. The Morgan fingerprint density at radius 1 is 1.39 bits per heavy atom. The Labute approximate surface area is 136 Å². The van der Waals surface area contributed by atoms with Gasteiger partial charge in [-0.25, -0.2) is 0 Å². The zero-order valence-electron chi connectivity index (χ0n) is 13.6. The number of benzene rings is 1. The normalized spacial score (nSPS) is 17.4. The van der Waals surface area contributed by atoms with Crippen LogP contribution in [-0.4, -0.2) is 48.7 Å². The molecule has 1 aromatic rings. The third-order valence-corrected chi connectivity index (χ3v) is 3.92. The maximum Gasteiger partial charge on any atom is 0.308 e. The number of rotatable bonds is 8. The van der Waals surface area contributed by atoms with Crippen LogP contribution < -0.4 is 9.47 Å². The van der Waals surface area contributed by atoms with Crippen LogP contribution >= 0.6 is 0 Å². The summed E-state index contributed by atoms with van der Waals surface area (Å²) in [5, 5.41) is 8.99. The highest BCUT2D eigenvalue weighted by Gasteiger charge is 2.33. The van der Waals surface area contributed by atoms with E-state index in [2.05, 4.69) is 0 Å². The lowest BCUT2D eigenvalue weighted by Crippen LogP contribution is -2.28. The van der Waals surface area contributed by atoms with Gasteiger partial charge in [-0.2, -0.15) is 0 Å². The number of ether oxygens (including phenoxy) is 2. The lowest BCUT2D eigenvalue weighted by molar-refractivity contribution is -0.141. The number of hydrogen-bond acceptors (Lipinski definition) is 4. The highest BCUT2D eigenvalue weighted by Crippen LogP contribution is 2.28. The maximum atomic E-state index is 11.8. The number of carboxylic acids is 1. The fourth-order valence-corrected chi connectivity index (χ4v) is 2.62. The highest BCUT2D eigenvalue weighted by molar-refractivity contribution is 5.86. The largest absolute Gasteiger partial charge is 0.493 e. The van der Waals surface area contributed by atoms with Crippen molar-refractivity contribution in [2.75, 3.05) is 26.8 Å². The van der Waals surface area contributed by atoms with Gasteiger partial charge < -0.3 is 19.5 Å². The molecule has 6 heteroatoms. The number of carboxylic acid groups (broad SMARTS) is 1. The number of carbonyl (C=O) groups excluding carboxylic acids is 1. The molecule has 126 valence electrons. The van der Waals surface area contributed by atoms with E-state index in [1.165, 1.54) is 0 Å². The van der Waals surface area contributed by atoms with Crippen LogP contribution in [0.1, 0.15) is 25.3 Å². The first-order valence-electron chi connectivity index (χ1n) is 7.85. The second-order valence-corrected chi connectivity index (χ2v) is 5.66. The fraction of sp³-hybridized carbons (Fsp3) is 0.529. The molecule has 0 aliphatic carbocycles. The molecule has 6 nitrogen and oxygen atoms in total. The number of carbonyl (C=O) groups is 2. The van der Waals surface area contributed by atoms with Crippen LogP contribution in [0.15, 0.2) is 18.2 Å². The van der Waals surface area contributed by atoms with Crippen LogP contribution in [0.5, 0.6) is 11.5 Å². The van der Waals surface area contributed by atoms with Crippen LogP contribution in [0.2, 0.25) is 0 Å². The lowest BCUT2D eigenvalue weighted by atomic mass is 10.1. The predicted octanol–water partition coefficient (Wildman–Crippen LogP) is 1.96. The Hall–Kier alpha value is -2.24. The number of nitrogens with zero attached hydrogens (tertiary/aromatic N) is 1. The average molecular weight is 321 g/mol. The predicted molar refractivity (Wildman–Crippen MR) is 84.8 cm³/mol. The van der Waals surface area contributed by atoms with E-state index in [1.807, 2.05) is 25.1 Å². The monoisotopic (exact) mass is 321 g/mol. The van der Waals surface area contributed by atoms with Gasteiger partial charge in [-0.1, -0.05) is 13.0 Å². The second kappa shape index (κ2) is 7.85. The molecule has 1 amide bonds. The van der Waals surface area contributed by atoms with E-state index in [4.69, 9.17) is 14.6 Å². The molecule has 1 aliphatic heterocycles. The molecule has 1 heterocycles. The number of aliphatic carboxylic acids is 1. The fourth-order valence-electron chi connectivity index (χ4n) is 2.62. The van der Waals surface area contributed by atoms with Gasteiger partial charge in [0, 0.05) is 19.5 Å². The van der Waals surface area contributed by atoms with Gasteiger partial charge in [0.1, 0.15) is 0 Å². The minimum absolute atomic E-state index is 0.0905. The van der Waals surface area contributed by atoms with Crippen LogP contribution in [0.3, 0.4) is 0 Å². The van der Waals surface area contributed by atoms with Crippen LogP contribution in [0.4, 0.5) is 0 Å². The van der Waals surface area contributed by atoms with E-state index in [9.17, 15) is 9.59 Å². The summed E-state index contributed by atoms with van der Waals surface area (Å²) < 4.78 is 11.0. The van der Waals surface area contributed by atoms with Crippen molar-refractivity contribution in [1.82, 2.24) is 4.90 Å². The molecule has 1 saturated heterocycles. The topological polar surface area (TPSA) is 76.1 Å². The summed E-state index contributed by atoms with van der Waals surface area (Å²) in [6.45, 7) is 3.48. The summed E-state index contributed by atoms with van der Waals surface area (Å²) in [5.74, 6) is -0.192. The molecule has 1 atom stereocenters. The highest BCUT2D eigenvalue weighted by atomic mass is 16.5. The molecule has 23 heavy (non-hydrogen) atoms. The average Bonchev–Trinajstić information content (AvgIpc) is 2.92. The first kappa shape index (κ1) is 17.1. The molecule has 1 fully saturated rings. The molecule has 2 rings (SSSR count). The van der Waals surface area contributed by atoms with Gasteiger partial charge in [-0.3, -0.25) is 9.59 Å². The van der Waals surface area contributed by atoms with Gasteiger partial charge in [0.2, 0.25) is 5.91 Å². The van der Waals surface area contributed by atoms with Gasteiger partial charge in [0.05, 0.1) is 19.6 Å². The Bertz CT molecular complexity index is 572. The molecule has 1 aromatic carbocycles. The van der Waals surface area contributed by atoms with Gasteiger partial charge >= 0.3 is 5.97 Å². The second-order valence-electron chi connectivity index (χ2n) is 5.66. The van der Waals surface area contributed by atoms with Crippen molar-refractivity contribution in [3.8, 4) is 11.5 Å². The smallest absolute Gasteiger partial charge is 0.308 e. The molecule has 0 bridgehead atoms. The Kier molecular flexibility index (Phi) is 5.84. The van der Waals surface area contributed by atoms with Crippen molar-refractivity contribution < 1.29 is 24.2 Å². The van der Waals surface area contributed by atoms with E-state index in [0.29, 0.717) is 37.6 Å². The minimum atomic E-state index is -0.903. The zero-order valence-corrected chi connectivity index (χ0v) is 13.6. The molecule has 0 radical (unpaired) electrons. The summed E-state index contributed by atoms with van der Waals surface area (Å²) >= 11 is 0. The van der Waals surface area contributed by atoms with Crippen molar-refractivity contribution in [3.05, 3.63) is 23.8 Å². The third-order valence-electron chi connectivity index (χ3n) is 3.92. The number of amides is 1. The summed E-state index contributed by atoms with van der Waals surface area (Å²) in [7, 11) is 1.60. The van der Waals surface area contributed by atoms with Crippen molar-refractivity contribution >= 4 is 11.9 Å². The quantitative estimate of drug-likeness (QED) is 0.792. The van der Waals surface area contributed by atoms with Crippen LogP contribution in [0, 0.1) is 5.92 Å². The van der Waals surface area contributed by atoms with Gasteiger partial charge in [0.15, 0.2) is 11.5 Å². The Morgan fingerprint density at radius 3 is 2.78 bits per heavy atom. The first-order chi connectivity index (χ1) is 11.0. The van der Waals surface area contributed by atoms with E-state index < -0.39 is 11.9 Å². The molecule has 1 unspecified atom stereocenters. The van der Waals surface area contributed by atoms with Crippen molar-refractivity contribution in [3.63, 3.8) is 0 Å². The number of likely N-dealkylation sites (tertiary alicyclic amines) is 1. The Balaban J connectivity index is 1.95. The SMILES string of the molecule is CCCOc1ccc(CCN2CC(C(=O)O)CC2=O)cc1OC. The van der Waals surface area contributed by atoms with Gasteiger partial charge in [-0.05, 0) is 30.5 Å². The van der Waals surface area contributed by atoms with Crippen molar-refractivity contribution in [2.24, 2.45) is 5.92 Å². The van der Waals surface area contributed by atoms with E-state index >= 15 is 0 Å². The third kappa shape index (κ3) is 4.37. The number of methoxy groups -OCH3 is 1. The summed E-state index contributed by atoms with van der Waals surface area (Å²) in [6.07, 6.45) is 1.68. The molecular weight excluding hydrogens is 298 g/mol. The van der Waals surface area contributed by atoms with E-state index in [1.54, 1.807) is 12.0 Å². The maximum absolute atomic E-state index is 11.8. The molecule has 0 saturated carbocycles. The first-order valence-corrected chi connectivity index (χ1v) is 7.85. The lowest BCUT2D eigenvalue weighted by Gasteiger charge is -2.17. The van der Waals surface area contributed by atoms with E-state index in [-0.39, 0.29) is 12.3 Å². The molecule has 0 spiro atoms. The van der Waals surface area contributed by atoms with E-state index in [0.717, 1.165) is 12.0 Å². The summed E-state index contributed by atoms with van der Waals surface area (Å²) in [4.78, 5) is 24.4. The van der Waals surface area contributed by atoms with Crippen molar-refractivity contribution in [2.45, 2.75) is 26.2 Å². The molecule has 1 aliphatic rings. The summed E-state index contributed by atoms with van der Waals surface area (Å²) in [6, 6.07) is 5.72. The minimum Gasteiger partial charge on any atom is -0.493 e. The van der Waals surface area contributed by atoms with Gasteiger partial charge in [0.25, 0.3) is 0 Å². The molecule has 0 aromatic heterocycles. The molecular formula is C17H23NO5. The van der Waals surface area contributed by atoms with Crippen LogP contribution in [-0.2, 0) is 16.0 Å². The van der Waals surface area contributed by atoms with Gasteiger partial charge in [-0.15, -0.1) is 0 Å². The zero-order chi connectivity index (χ0) is 16.8. The standard InChI is InChI=1S/C17H23NO5/c1-3-8-23-14-5-4-12(9-15(14)22-2)6-7-18-11-13(17(20)21)10-16(18)19/h4-5,9,13H,3,6-8,10-11H2,1-2H3,(H,20,21). The van der Waals surface area contributed by atoms with Crippen molar-refractivity contribution in [1.29, 1.82) is 0 Å². The summed E-state index contributed by atoms with van der Waals surface area (Å²) in [5.41, 5.74) is 1.03. The Morgan fingerprint density at radius 2 is 2.17 bits per heavy atom.